The third kappa shape index (κ3) is 6.72. The molecular formula is C37H53FN6O3. The molecule has 1 N–H and O–H groups in total. The van der Waals surface area contributed by atoms with Gasteiger partial charge in [-0.25, -0.2) is 14.4 Å². The average Bonchev–Trinajstić information content (AvgIpc) is 3.85. The van der Waals surface area contributed by atoms with Crippen molar-refractivity contribution < 1.29 is 18.7 Å². The summed E-state index contributed by atoms with van der Waals surface area (Å²) in [5.74, 6) is 3.11. The molecule has 0 radical (unpaired) electrons. The summed E-state index contributed by atoms with van der Waals surface area (Å²) < 4.78 is 20.7. The van der Waals surface area contributed by atoms with Crippen LogP contribution < -0.4 is 15.0 Å². The normalized spacial score (nSPS) is 26.3. The maximum atomic E-state index is 14.4. The number of ether oxygens (including phenoxy) is 1. The molecule has 5 heterocycles. The van der Waals surface area contributed by atoms with Crippen LogP contribution in [0.3, 0.4) is 0 Å². The Hall–Kier alpha value is -3.27. The minimum atomic E-state index is -0.494. The zero-order chi connectivity index (χ0) is 32.2. The van der Waals surface area contributed by atoms with Crippen LogP contribution in [0.25, 0.3) is 0 Å². The standard InChI is InChI=1S/C36H49FN6O3.CH4/c1-22(2)43(23(3)4)34(44)28-17-27(37)8-10-30(28)46-31-18-38-21-39-33(31)42-19-36(20-42)11-13-41(14-12-36)35(45)32-25-7-9-29(40-32)26(16-25)15-24-5-6-24;/h8,10,17-18,21-26,29,32,40H,5-7,9,11-16,19-20H2,1-4H3;1H4/t25-,26-,29+,32+;/m1./s1. The Balaban J connectivity index is 0.00000386. The maximum Gasteiger partial charge on any atom is 0.258 e. The van der Waals surface area contributed by atoms with Crippen LogP contribution in [0, 0.1) is 29.0 Å². The number of benzene rings is 1. The smallest absolute Gasteiger partial charge is 0.258 e. The second-order valence-corrected chi connectivity index (χ2v) is 15.3. The predicted octanol–water partition coefficient (Wildman–Crippen LogP) is 6.29. The number of nitrogens with zero attached hydrogens (tertiary/aromatic N) is 5. The molecule has 2 saturated carbocycles. The average molecular weight is 649 g/mol. The Morgan fingerprint density at radius 3 is 2.43 bits per heavy atom. The van der Waals surface area contributed by atoms with Crippen LogP contribution in [0.2, 0.25) is 0 Å². The van der Waals surface area contributed by atoms with Crippen molar-refractivity contribution in [3.05, 3.63) is 42.1 Å². The van der Waals surface area contributed by atoms with E-state index in [1.165, 1.54) is 63.1 Å². The molecular weight excluding hydrogens is 595 g/mol. The van der Waals surface area contributed by atoms with E-state index in [-0.39, 0.29) is 48.2 Å². The van der Waals surface area contributed by atoms with Gasteiger partial charge in [-0.3, -0.25) is 9.59 Å². The molecule has 1 aromatic heterocycles. The van der Waals surface area contributed by atoms with Gasteiger partial charge in [-0.15, -0.1) is 0 Å². The number of hydrogen-bond acceptors (Lipinski definition) is 7. The number of aromatic nitrogens is 2. The first-order chi connectivity index (χ1) is 22.1. The summed E-state index contributed by atoms with van der Waals surface area (Å²) in [5, 5.41) is 3.80. The molecule has 10 heteroatoms. The molecule has 4 aliphatic heterocycles. The van der Waals surface area contributed by atoms with Crippen LogP contribution in [0.15, 0.2) is 30.7 Å². The van der Waals surface area contributed by atoms with E-state index in [0.29, 0.717) is 29.4 Å². The van der Waals surface area contributed by atoms with Crippen molar-refractivity contribution in [3.63, 3.8) is 0 Å². The molecule has 2 aliphatic carbocycles. The maximum absolute atomic E-state index is 14.4. The molecule has 9 nitrogen and oxygen atoms in total. The predicted molar refractivity (Wildman–Crippen MR) is 181 cm³/mol. The molecule has 2 amide bonds. The van der Waals surface area contributed by atoms with Crippen molar-refractivity contribution >= 4 is 17.6 Å². The first-order valence-corrected chi connectivity index (χ1v) is 17.5. The molecule has 4 saturated heterocycles. The highest BCUT2D eigenvalue weighted by molar-refractivity contribution is 5.97. The summed E-state index contributed by atoms with van der Waals surface area (Å²) in [6.07, 6.45) is 12.9. The number of hydrogen-bond donors (Lipinski definition) is 1. The fourth-order valence-corrected chi connectivity index (χ4v) is 8.83. The van der Waals surface area contributed by atoms with E-state index in [9.17, 15) is 14.0 Å². The summed E-state index contributed by atoms with van der Waals surface area (Å²) in [6.45, 7) is 11.0. The largest absolute Gasteiger partial charge is 0.451 e. The molecule has 1 spiro atoms. The molecule has 6 aliphatic rings. The lowest BCUT2D eigenvalue weighted by Crippen LogP contribution is -2.65. The lowest BCUT2D eigenvalue weighted by molar-refractivity contribution is -0.140. The molecule has 2 aromatic rings. The number of halogens is 1. The second kappa shape index (κ2) is 13.3. The highest BCUT2D eigenvalue weighted by Crippen LogP contribution is 2.47. The second-order valence-electron chi connectivity index (χ2n) is 15.3. The Kier molecular flexibility index (Phi) is 9.53. The number of nitrogens with one attached hydrogen (secondary N) is 1. The van der Waals surface area contributed by atoms with Crippen LogP contribution in [-0.2, 0) is 4.79 Å². The Morgan fingerprint density at radius 2 is 1.79 bits per heavy atom. The Labute approximate surface area is 279 Å². The van der Waals surface area contributed by atoms with Gasteiger partial charge in [0, 0.05) is 49.7 Å². The van der Waals surface area contributed by atoms with E-state index in [0.717, 1.165) is 50.9 Å². The molecule has 2 bridgehead atoms. The number of fused-ring (bicyclic) bond motifs is 3. The zero-order valence-electron chi connectivity index (χ0n) is 27.8. The highest BCUT2D eigenvalue weighted by atomic mass is 19.1. The summed E-state index contributed by atoms with van der Waals surface area (Å²) in [6, 6.07) is 4.45. The van der Waals surface area contributed by atoms with Gasteiger partial charge in [0.2, 0.25) is 5.91 Å². The van der Waals surface area contributed by atoms with Gasteiger partial charge in [0.1, 0.15) is 17.9 Å². The van der Waals surface area contributed by atoms with E-state index in [4.69, 9.17) is 4.74 Å². The summed E-state index contributed by atoms with van der Waals surface area (Å²) in [7, 11) is 0. The fourth-order valence-electron chi connectivity index (χ4n) is 8.83. The number of carbonyl (C=O) groups is 2. The molecule has 1 aromatic carbocycles. The number of piperidine rings is 3. The summed E-state index contributed by atoms with van der Waals surface area (Å²) in [5.41, 5.74) is 0.313. The van der Waals surface area contributed by atoms with Crippen LogP contribution >= 0.6 is 0 Å². The quantitative estimate of drug-likeness (QED) is 0.342. The minimum Gasteiger partial charge on any atom is -0.451 e. The van der Waals surface area contributed by atoms with E-state index >= 15 is 0 Å². The van der Waals surface area contributed by atoms with Gasteiger partial charge >= 0.3 is 0 Å². The van der Waals surface area contributed by atoms with Crippen molar-refractivity contribution in [1.82, 2.24) is 25.1 Å². The Morgan fingerprint density at radius 1 is 1.06 bits per heavy atom. The van der Waals surface area contributed by atoms with Crippen LogP contribution in [0.5, 0.6) is 11.5 Å². The van der Waals surface area contributed by atoms with Crippen LogP contribution in [0.1, 0.15) is 96.8 Å². The molecule has 0 unspecified atom stereocenters. The lowest BCUT2D eigenvalue weighted by atomic mass is 9.68. The Bertz CT molecular complexity index is 1440. The van der Waals surface area contributed by atoms with E-state index in [1.807, 2.05) is 27.7 Å². The number of carbonyl (C=O) groups excluding carboxylic acids is 2. The van der Waals surface area contributed by atoms with Crippen molar-refractivity contribution in [1.29, 1.82) is 0 Å². The number of anilines is 1. The topological polar surface area (TPSA) is 90.9 Å². The SMILES string of the molecule is C.CC(C)N(C(=O)c1cc(F)ccc1Oc1cncnc1N1CC2(CCN(C(=O)[C@H]3N[C@H]4CC[C@@H]3C[C@H]4CC3CC3)CC2)C1)C(C)C. The molecule has 47 heavy (non-hydrogen) atoms. The summed E-state index contributed by atoms with van der Waals surface area (Å²) >= 11 is 0. The van der Waals surface area contributed by atoms with Crippen LogP contribution in [-0.4, -0.2) is 81.9 Å². The third-order valence-corrected chi connectivity index (χ3v) is 11.4. The number of rotatable bonds is 9. The van der Waals surface area contributed by atoms with Crippen molar-refractivity contribution in [2.45, 2.75) is 111 Å². The third-order valence-electron chi connectivity index (χ3n) is 11.4. The summed E-state index contributed by atoms with van der Waals surface area (Å²) in [4.78, 5) is 42.0. The monoisotopic (exact) mass is 648 g/mol. The molecule has 6 fully saturated rings. The van der Waals surface area contributed by atoms with Crippen LogP contribution in [0.4, 0.5) is 10.2 Å². The first-order valence-electron chi connectivity index (χ1n) is 17.5. The van der Waals surface area contributed by atoms with E-state index < -0.39 is 5.82 Å². The van der Waals surface area contributed by atoms with Gasteiger partial charge in [0.05, 0.1) is 17.8 Å². The van der Waals surface area contributed by atoms with E-state index in [1.54, 1.807) is 11.1 Å². The van der Waals surface area contributed by atoms with Crippen molar-refractivity contribution in [2.24, 2.45) is 23.2 Å². The minimum absolute atomic E-state index is 0. The van der Waals surface area contributed by atoms with Crippen molar-refractivity contribution in [3.8, 4) is 11.5 Å². The van der Waals surface area contributed by atoms with Gasteiger partial charge in [0.25, 0.3) is 5.91 Å². The van der Waals surface area contributed by atoms with E-state index in [2.05, 4.69) is 25.1 Å². The zero-order valence-corrected chi connectivity index (χ0v) is 27.8. The molecule has 8 rings (SSSR count). The fraction of sp³-hybridized carbons (Fsp3) is 0.676. The first kappa shape index (κ1) is 33.6. The molecule has 256 valence electrons. The number of likely N-dealkylation sites (tertiary alicyclic amines) is 1. The number of amides is 2. The highest BCUT2D eigenvalue weighted by Gasteiger charge is 2.50. The lowest BCUT2D eigenvalue weighted by Gasteiger charge is -2.55. The molecule has 4 atom stereocenters. The van der Waals surface area contributed by atoms with Crippen molar-refractivity contribution in [2.75, 3.05) is 31.1 Å². The van der Waals surface area contributed by atoms with Gasteiger partial charge < -0.3 is 24.8 Å². The van der Waals surface area contributed by atoms with Gasteiger partial charge in [-0.1, -0.05) is 20.3 Å². The van der Waals surface area contributed by atoms with Gasteiger partial charge in [0.15, 0.2) is 11.6 Å². The van der Waals surface area contributed by atoms with Gasteiger partial charge in [-0.2, -0.15) is 0 Å². The van der Waals surface area contributed by atoms with Gasteiger partial charge in [-0.05, 0) is 102 Å².